The molecule has 0 radical (unpaired) electrons. The summed E-state index contributed by atoms with van der Waals surface area (Å²) in [5.74, 6) is 0. The summed E-state index contributed by atoms with van der Waals surface area (Å²) in [6, 6.07) is 1.26. The Balaban J connectivity index is 1.93. The van der Waals surface area contributed by atoms with E-state index in [0.29, 0.717) is 12.1 Å². The lowest BCUT2D eigenvalue weighted by Crippen LogP contribution is -2.48. The van der Waals surface area contributed by atoms with Crippen LogP contribution in [0.5, 0.6) is 0 Å². The molecule has 12 heavy (non-hydrogen) atoms. The second-order valence-corrected chi connectivity index (χ2v) is 3.76. The molecule has 1 aliphatic rings. The summed E-state index contributed by atoms with van der Waals surface area (Å²) < 4.78 is 5.06. The van der Waals surface area contributed by atoms with Crippen molar-refractivity contribution < 1.29 is 4.74 Å². The van der Waals surface area contributed by atoms with E-state index in [1.165, 1.54) is 0 Å². The van der Waals surface area contributed by atoms with Crippen LogP contribution in [0.25, 0.3) is 0 Å². The van der Waals surface area contributed by atoms with Gasteiger partial charge in [-0.15, -0.1) is 0 Å². The quantitative estimate of drug-likeness (QED) is 0.646. The molecule has 1 heterocycles. The van der Waals surface area contributed by atoms with Gasteiger partial charge in [-0.25, -0.2) is 0 Å². The van der Waals surface area contributed by atoms with E-state index in [9.17, 15) is 0 Å². The second kappa shape index (κ2) is 4.80. The minimum absolute atomic E-state index is 0.616. The van der Waals surface area contributed by atoms with Gasteiger partial charge in [-0.2, -0.15) is 0 Å². The van der Waals surface area contributed by atoms with Gasteiger partial charge in [0.25, 0.3) is 0 Å². The summed E-state index contributed by atoms with van der Waals surface area (Å²) in [7, 11) is 2.16. The Morgan fingerprint density at radius 2 is 2.17 bits per heavy atom. The summed E-state index contributed by atoms with van der Waals surface area (Å²) in [4.78, 5) is 2.34. The molecule has 1 fully saturated rings. The Hall–Kier alpha value is -0.120. The van der Waals surface area contributed by atoms with Crippen LogP contribution in [0.3, 0.4) is 0 Å². The van der Waals surface area contributed by atoms with Crippen LogP contribution in [0.15, 0.2) is 0 Å². The minimum atomic E-state index is 0.616. The zero-order valence-electron chi connectivity index (χ0n) is 8.34. The Labute approximate surface area is 75.1 Å². The first kappa shape index (κ1) is 9.96. The van der Waals surface area contributed by atoms with Gasteiger partial charge in [0.1, 0.15) is 0 Å². The van der Waals surface area contributed by atoms with Crippen LogP contribution in [0.4, 0.5) is 0 Å². The van der Waals surface area contributed by atoms with Gasteiger partial charge >= 0.3 is 0 Å². The van der Waals surface area contributed by atoms with Crippen LogP contribution in [0, 0.1) is 0 Å². The second-order valence-electron chi connectivity index (χ2n) is 3.76. The van der Waals surface area contributed by atoms with E-state index in [0.717, 1.165) is 26.3 Å². The lowest BCUT2D eigenvalue weighted by molar-refractivity contribution is -0.00569. The fourth-order valence-corrected chi connectivity index (χ4v) is 1.06. The molecule has 1 aliphatic heterocycles. The molecule has 0 aromatic carbocycles. The maximum atomic E-state index is 5.06. The van der Waals surface area contributed by atoms with E-state index in [2.05, 4.69) is 31.1 Å². The average Bonchev–Trinajstić information content (AvgIpc) is 1.93. The summed E-state index contributed by atoms with van der Waals surface area (Å²) in [6.07, 6.45) is 0. The molecule has 3 nitrogen and oxygen atoms in total. The highest BCUT2D eigenvalue weighted by Crippen LogP contribution is 1.99. The van der Waals surface area contributed by atoms with Crippen LogP contribution in [0.1, 0.15) is 13.8 Å². The number of hydrogen-bond donors (Lipinski definition) is 1. The third kappa shape index (κ3) is 3.09. The summed E-state index contributed by atoms with van der Waals surface area (Å²) in [6.45, 7) is 8.41. The van der Waals surface area contributed by atoms with Crippen molar-refractivity contribution in [1.82, 2.24) is 10.2 Å². The van der Waals surface area contributed by atoms with Crippen molar-refractivity contribution in [2.45, 2.75) is 25.9 Å². The summed E-state index contributed by atoms with van der Waals surface area (Å²) >= 11 is 0. The highest BCUT2D eigenvalue weighted by Gasteiger charge is 2.16. The van der Waals surface area contributed by atoms with Gasteiger partial charge in [0.2, 0.25) is 0 Å². The van der Waals surface area contributed by atoms with Crippen molar-refractivity contribution in [3.8, 4) is 0 Å². The molecule has 0 bridgehead atoms. The van der Waals surface area contributed by atoms with Crippen LogP contribution < -0.4 is 5.32 Å². The molecule has 3 heteroatoms. The monoisotopic (exact) mass is 172 g/mol. The number of ether oxygens (including phenoxy) is 1. The molecule has 0 spiro atoms. The van der Waals surface area contributed by atoms with Gasteiger partial charge in [-0.1, -0.05) is 0 Å². The van der Waals surface area contributed by atoms with Crippen LogP contribution in [-0.4, -0.2) is 50.3 Å². The molecular formula is C9H20N2O. The van der Waals surface area contributed by atoms with Crippen molar-refractivity contribution in [2.24, 2.45) is 0 Å². The van der Waals surface area contributed by atoms with Gasteiger partial charge in [0.05, 0.1) is 19.3 Å². The molecule has 0 aromatic heterocycles. The van der Waals surface area contributed by atoms with E-state index in [1.807, 2.05) is 0 Å². The fourth-order valence-electron chi connectivity index (χ4n) is 1.06. The van der Waals surface area contributed by atoms with Crippen molar-refractivity contribution in [3.63, 3.8) is 0 Å². The molecule has 1 rings (SSSR count). The van der Waals surface area contributed by atoms with Crippen molar-refractivity contribution in [1.29, 1.82) is 0 Å². The van der Waals surface area contributed by atoms with Crippen molar-refractivity contribution in [2.75, 3.05) is 33.4 Å². The zero-order valence-corrected chi connectivity index (χ0v) is 8.34. The van der Waals surface area contributed by atoms with E-state index < -0.39 is 0 Å². The van der Waals surface area contributed by atoms with E-state index >= 15 is 0 Å². The third-order valence-electron chi connectivity index (χ3n) is 2.42. The molecule has 0 amide bonds. The number of rotatable bonds is 5. The highest BCUT2D eigenvalue weighted by molar-refractivity contribution is 4.73. The predicted molar refractivity (Wildman–Crippen MR) is 50.4 cm³/mol. The first-order valence-corrected chi connectivity index (χ1v) is 4.71. The van der Waals surface area contributed by atoms with Gasteiger partial charge in [-0.3, -0.25) is 0 Å². The molecule has 0 unspecified atom stereocenters. The molecule has 0 atom stereocenters. The fraction of sp³-hybridized carbons (Fsp3) is 1.00. The summed E-state index contributed by atoms with van der Waals surface area (Å²) in [5.41, 5.74) is 0. The largest absolute Gasteiger partial charge is 0.378 e. The van der Waals surface area contributed by atoms with Gasteiger partial charge in [-0.05, 0) is 20.9 Å². The maximum Gasteiger partial charge on any atom is 0.0643 e. The average molecular weight is 172 g/mol. The van der Waals surface area contributed by atoms with Crippen LogP contribution in [0.2, 0.25) is 0 Å². The lowest BCUT2D eigenvalue weighted by atomic mass is 10.2. The Morgan fingerprint density at radius 1 is 1.50 bits per heavy atom. The molecular weight excluding hydrogens is 152 g/mol. The Kier molecular flexibility index (Phi) is 3.98. The van der Waals surface area contributed by atoms with Crippen molar-refractivity contribution in [3.05, 3.63) is 0 Å². The van der Waals surface area contributed by atoms with Gasteiger partial charge in [0, 0.05) is 19.1 Å². The molecule has 0 aliphatic carbocycles. The normalized spacial score (nSPS) is 18.8. The number of likely N-dealkylation sites (N-methyl/N-ethyl adjacent to an activating group) is 1. The number of hydrogen-bond acceptors (Lipinski definition) is 3. The standard InChI is InChI=1S/C9H20N2O/c1-8(2)11(3)5-4-10-9-6-12-7-9/h8-10H,4-7H2,1-3H3. The molecule has 1 saturated heterocycles. The van der Waals surface area contributed by atoms with E-state index in [1.54, 1.807) is 0 Å². The zero-order chi connectivity index (χ0) is 8.97. The van der Waals surface area contributed by atoms with Crippen LogP contribution >= 0.6 is 0 Å². The van der Waals surface area contributed by atoms with Crippen LogP contribution in [-0.2, 0) is 4.74 Å². The SMILES string of the molecule is CC(C)N(C)CCNC1COC1. The predicted octanol–water partition coefficient (Wildman–Crippen LogP) is 0.315. The maximum absolute atomic E-state index is 5.06. The number of nitrogens with one attached hydrogen (secondary N) is 1. The third-order valence-corrected chi connectivity index (χ3v) is 2.42. The molecule has 0 saturated carbocycles. The van der Waals surface area contributed by atoms with E-state index in [4.69, 9.17) is 4.74 Å². The van der Waals surface area contributed by atoms with Crippen molar-refractivity contribution >= 4 is 0 Å². The Morgan fingerprint density at radius 3 is 2.58 bits per heavy atom. The summed E-state index contributed by atoms with van der Waals surface area (Å²) in [5, 5.41) is 3.44. The topological polar surface area (TPSA) is 24.5 Å². The first-order valence-electron chi connectivity index (χ1n) is 4.71. The van der Waals surface area contributed by atoms with Gasteiger partial charge in [0.15, 0.2) is 0 Å². The molecule has 72 valence electrons. The smallest absolute Gasteiger partial charge is 0.0643 e. The highest BCUT2D eigenvalue weighted by atomic mass is 16.5. The minimum Gasteiger partial charge on any atom is -0.378 e. The van der Waals surface area contributed by atoms with Gasteiger partial charge < -0.3 is 15.0 Å². The lowest BCUT2D eigenvalue weighted by Gasteiger charge is -2.28. The first-order chi connectivity index (χ1) is 5.70. The number of nitrogens with zero attached hydrogens (tertiary/aromatic N) is 1. The molecule has 1 N–H and O–H groups in total. The van der Waals surface area contributed by atoms with E-state index in [-0.39, 0.29) is 0 Å². The molecule has 0 aromatic rings. The Bertz CT molecular complexity index is 124.